The predicted octanol–water partition coefficient (Wildman–Crippen LogP) is 3.04. The van der Waals surface area contributed by atoms with Crippen LogP contribution in [0, 0.1) is 6.92 Å². The van der Waals surface area contributed by atoms with Crippen molar-refractivity contribution in [2.24, 2.45) is 0 Å². The molecule has 3 aromatic rings. The maximum absolute atomic E-state index is 12.2. The Morgan fingerprint density at radius 1 is 1.24 bits per heavy atom. The van der Waals surface area contributed by atoms with Gasteiger partial charge in [0.2, 0.25) is 5.91 Å². The van der Waals surface area contributed by atoms with Gasteiger partial charge < -0.3 is 14.7 Å². The summed E-state index contributed by atoms with van der Waals surface area (Å²) in [6, 6.07) is 10.2. The van der Waals surface area contributed by atoms with Crippen molar-refractivity contribution in [2.75, 3.05) is 38.5 Å². The number of anilines is 1. The van der Waals surface area contributed by atoms with Gasteiger partial charge in [-0.05, 0) is 25.6 Å². The van der Waals surface area contributed by atoms with Gasteiger partial charge in [0.05, 0.1) is 12.1 Å². The molecule has 8 heteroatoms. The molecule has 0 spiro atoms. The molecule has 7 nitrogen and oxygen atoms in total. The number of benzene rings is 1. The molecule has 0 radical (unpaired) electrons. The van der Waals surface area contributed by atoms with E-state index in [9.17, 15) is 4.79 Å². The Labute approximate surface area is 174 Å². The van der Waals surface area contributed by atoms with Crippen molar-refractivity contribution in [2.45, 2.75) is 19.9 Å². The average Bonchev–Trinajstić information content (AvgIpc) is 3.33. The van der Waals surface area contributed by atoms with E-state index in [0.29, 0.717) is 11.6 Å². The number of amides is 1. The first kappa shape index (κ1) is 19.8. The number of hydrogen-bond acceptors (Lipinski definition) is 7. The first-order chi connectivity index (χ1) is 14.0. The number of thiazole rings is 1. The minimum Gasteiger partial charge on any atom is -0.360 e. The van der Waals surface area contributed by atoms with E-state index >= 15 is 0 Å². The summed E-state index contributed by atoms with van der Waals surface area (Å²) < 4.78 is 4.96. The van der Waals surface area contributed by atoms with Gasteiger partial charge in [-0.3, -0.25) is 9.69 Å². The topological polar surface area (TPSA) is 74.5 Å². The van der Waals surface area contributed by atoms with Crippen LogP contribution in [0.15, 0.2) is 40.2 Å². The number of nitrogens with one attached hydrogen (secondary N) is 1. The fourth-order valence-corrected chi connectivity index (χ4v) is 4.18. The zero-order valence-electron chi connectivity index (χ0n) is 16.7. The van der Waals surface area contributed by atoms with Crippen molar-refractivity contribution < 1.29 is 9.32 Å². The number of aromatic nitrogens is 2. The average molecular weight is 412 g/mol. The van der Waals surface area contributed by atoms with Crippen LogP contribution in [-0.2, 0) is 17.8 Å². The van der Waals surface area contributed by atoms with Crippen LogP contribution >= 0.6 is 11.3 Å². The monoisotopic (exact) mass is 411 g/mol. The zero-order chi connectivity index (χ0) is 20.2. The van der Waals surface area contributed by atoms with Crippen molar-refractivity contribution in [3.63, 3.8) is 0 Å². The Morgan fingerprint density at radius 2 is 2.07 bits per heavy atom. The van der Waals surface area contributed by atoms with E-state index in [0.717, 1.165) is 49.0 Å². The third-order valence-corrected chi connectivity index (χ3v) is 5.91. The highest BCUT2D eigenvalue weighted by atomic mass is 32.1. The molecule has 3 heterocycles. The van der Waals surface area contributed by atoms with Gasteiger partial charge in [0.25, 0.3) is 0 Å². The lowest BCUT2D eigenvalue weighted by atomic mass is 10.1. The molecule has 1 amide bonds. The van der Waals surface area contributed by atoms with Crippen molar-refractivity contribution in [3.8, 4) is 10.6 Å². The molecule has 29 heavy (non-hydrogen) atoms. The highest BCUT2D eigenvalue weighted by Gasteiger charge is 2.15. The van der Waals surface area contributed by atoms with E-state index in [1.54, 1.807) is 24.3 Å². The van der Waals surface area contributed by atoms with Gasteiger partial charge in [-0.2, -0.15) is 0 Å². The number of carbonyl (C=O) groups is 1. The molecule has 1 N–H and O–H groups in total. The van der Waals surface area contributed by atoms with E-state index in [1.165, 1.54) is 5.56 Å². The third kappa shape index (κ3) is 5.29. The highest BCUT2D eigenvalue weighted by Crippen LogP contribution is 2.25. The fourth-order valence-electron chi connectivity index (χ4n) is 3.36. The summed E-state index contributed by atoms with van der Waals surface area (Å²) in [6.07, 6.45) is 0.212. The third-order valence-electron chi connectivity index (χ3n) is 4.96. The maximum Gasteiger partial charge on any atom is 0.231 e. The number of carbonyl (C=O) groups excluding carboxylic acids is 1. The Bertz CT molecular complexity index is 975. The number of likely N-dealkylation sites (N-methyl/N-ethyl adjacent to an activating group) is 1. The van der Waals surface area contributed by atoms with E-state index < -0.39 is 0 Å². The summed E-state index contributed by atoms with van der Waals surface area (Å²) >= 11 is 1.56. The molecule has 1 aliphatic heterocycles. The second kappa shape index (κ2) is 8.86. The Hall–Kier alpha value is -2.55. The predicted molar refractivity (Wildman–Crippen MR) is 114 cm³/mol. The largest absolute Gasteiger partial charge is 0.360 e. The first-order valence-electron chi connectivity index (χ1n) is 9.73. The Morgan fingerprint density at radius 3 is 2.83 bits per heavy atom. The molecule has 1 aromatic carbocycles. The minimum atomic E-state index is -0.154. The van der Waals surface area contributed by atoms with Gasteiger partial charge in [-0.15, -0.1) is 11.3 Å². The van der Waals surface area contributed by atoms with E-state index in [2.05, 4.69) is 56.6 Å². The minimum absolute atomic E-state index is 0.154. The molecule has 4 rings (SSSR count). The van der Waals surface area contributed by atoms with Crippen LogP contribution in [-0.4, -0.2) is 59.1 Å². The van der Waals surface area contributed by atoms with Crippen LogP contribution in [0.25, 0.3) is 10.6 Å². The molecule has 152 valence electrons. The Kier molecular flexibility index (Phi) is 6.03. The summed E-state index contributed by atoms with van der Waals surface area (Å²) in [6.45, 7) is 7.17. The number of aryl methyl sites for hydroxylation is 1. The van der Waals surface area contributed by atoms with Gasteiger partial charge in [0, 0.05) is 49.7 Å². The lowest BCUT2D eigenvalue weighted by Gasteiger charge is -2.32. The van der Waals surface area contributed by atoms with Crippen LogP contribution in [0.1, 0.15) is 17.0 Å². The second-order valence-corrected chi connectivity index (χ2v) is 8.33. The molecular formula is C21H25N5O2S. The molecule has 0 atom stereocenters. The van der Waals surface area contributed by atoms with Crippen LogP contribution < -0.4 is 5.32 Å². The number of rotatable bonds is 6. The SMILES string of the molecule is Cc1cc(NC(=O)Cc2csc(-c3cccc(CN4CCN(C)CC4)c3)n2)no1. The van der Waals surface area contributed by atoms with E-state index in [4.69, 9.17) is 4.52 Å². The maximum atomic E-state index is 12.2. The van der Waals surface area contributed by atoms with Crippen LogP contribution in [0.3, 0.4) is 0 Å². The van der Waals surface area contributed by atoms with E-state index in [-0.39, 0.29) is 12.3 Å². The second-order valence-electron chi connectivity index (χ2n) is 7.47. The first-order valence-corrected chi connectivity index (χ1v) is 10.6. The summed E-state index contributed by atoms with van der Waals surface area (Å²) in [7, 11) is 2.17. The molecule has 2 aromatic heterocycles. The Balaban J connectivity index is 1.38. The molecule has 0 unspecified atom stereocenters. The van der Waals surface area contributed by atoms with Gasteiger partial charge in [-0.25, -0.2) is 4.98 Å². The quantitative estimate of drug-likeness (QED) is 0.672. The molecule has 1 aliphatic rings. The normalized spacial score (nSPS) is 15.5. The smallest absolute Gasteiger partial charge is 0.231 e. The van der Waals surface area contributed by atoms with Crippen molar-refractivity contribution in [3.05, 3.63) is 52.7 Å². The van der Waals surface area contributed by atoms with Gasteiger partial charge in [0.1, 0.15) is 10.8 Å². The summed E-state index contributed by atoms with van der Waals surface area (Å²) in [5.41, 5.74) is 3.15. The molecule has 0 saturated carbocycles. The van der Waals surface area contributed by atoms with Gasteiger partial charge >= 0.3 is 0 Å². The number of nitrogens with zero attached hydrogens (tertiary/aromatic N) is 4. The highest BCUT2D eigenvalue weighted by molar-refractivity contribution is 7.13. The van der Waals surface area contributed by atoms with E-state index in [1.807, 2.05) is 5.38 Å². The molecular weight excluding hydrogens is 386 g/mol. The zero-order valence-corrected chi connectivity index (χ0v) is 17.5. The van der Waals surface area contributed by atoms with Gasteiger partial charge in [0.15, 0.2) is 5.82 Å². The summed E-state index contributed by atoms with van der Waals surface area (Å²) in [5, 5.41) is 9.39. The fraction of sp³-hybridized carbons (Fsp3) is 0.381. The van der Waals surface area contributed by atoms with Crippen molar-refractivity contribution >= 4 is 23.1 Å². The van der Waals surface area contributed by atoms with Crippen molar-refractivity contribution in [1.29, 1.82) is 0 Å². The molecule has 0 bridgehead atoms. The lowest BCUT2D eigenvalue weighted by Crippen LogP contribution is -2.43. The van der Waals surface area contributed by atoms with Crippen LogP contribution in [0.4, 0.5) is 5.82 Å². The summed E-state index contributed by atoms with van der Waals surface area (Å²) in [4.78, 5) is 21.7. The van der Waals surface area contributed by atoms with Crippen molar-refractivity contribution in [1.82, 2.24) is 19.9 Å². The lowest BCUT2D eigenvalue weighted by molar-refractivity contribution is -0.115. The number of piperazine rings is 1. The molecule has 0 aliphatic carbocycles. The number of hydrogen-bond donors (Lipinski definition) is 1. The van der Waals surface area contributed by atoms with Crippen LogP contribution in [0.5, 0.6) is 0 Å². The van der Waals surface area contributed by atoms with Crippen LogP contribution in [0.2, 0.25) is 0 Å². The molecule has 1 fully saturated rings. The standard InChI is InChI=1S/C21H25N5O2S/c1-15-10-19(24-28-15)23-20(27)12-18-14-29-21(22-18)17-5-3-4-16(11-17)13-26-8-6-25(2)7-9-26/h3-5,10-11,14H,6-9,12-13H2,1-2H3,(H,23,24,27). The summed E-state index contributed by atoms with van der Waals surface area (Å²) in [5.74, 6) is 0.936. The molecule has 1 saturated heterocycles. The van der Waals surface area contributed by atoms with Gasteiger partial charge in [-0.1, -0.05) is 23.4 Å².